The van der Waals surface area contributed by atoms with Gasteiger partial charge in [-0.25, -0.2) is 9.97 Å². The van der Waals surface area contributed by atoms with Crippen molar-refractivity contribution < 1.29 is 9.53 Å². The van der Waals surface area contributed by atoms with Crippen LogP contribution in [-0.2, 0) is 4.74 Å². The first-order valence-corrected chi connectivity index (χ1v) is 14.3. The Bertz CT molecular complexity index is 1060. The van der Waals surface area contributed by atoms with Crippen LogP contribution >= 0.6 is 22.6 Å². The van der Waals surface area contributed by atoms with E-state index in [4.69, 9.17) is 15.5 Å². The summed E-state index contributed by atoms with van der Waals surface area (Å²) in [5.74, 6) is 0.411. The van der Waals surface area contributed by atoms with E-state index < -0.39 is 5.91 Å². The van der Waals surface area contributed by atoms with Crippen molar-refractivity contribution >= 4 is 51.5 Å². The van der Waals surface area contributed by atoms with Crippen LogP contribution in [0.3, 0.4) is 0 Å². The van der Waals surface area contributed by atoms with Gasteiger partial charge in [0.15, 0.2) is 17.3 Å². The number of carbonyl (C=O) groups is 1. The number of benzene rings is 1. The molecule has 0 spiro atoms. The van der Waals surface area contributed by atoms with Crippen molar-refractivity contribution in [3.8, 4) is 0 Å². The van der Waals surface area contributed by atoms with Crippen molar-refractivity contribution in [2.24, 2.45) is 5.73 Å². The molecule has 0 radical (unpaired) electrons. The van der Waals surface area contributed by atoms with Crippen molar-refractivity contribution in [1.29, 1.82) is 0 Å². The molecule has 3 saturated heterocycles. The molecule has 0 atom stereocenters. The smallest absolute Gasteiger partial charge is 0.271 e. The summed E-state index contributed by atoms with van der Waals surface area (Å²) in [5.41, 5.74) is 7.82. The van der Waals surface area contributed by atoms with E-state index >= 15 is 0 Å². The van der Waals surface area contributed by atoms with Crippen LogP contribution in [0.2, 0.25) is 0 Å². The Morgan fingerprint density at radius 2 is 1.65 bits per heavy atom. The molecule has 2 aromatic rings. The molecule has 3 fully saturated rings. The molecule has 1 amide bonds. The molecule has 0 bridgehead atoms. The van der Waals surface area contributed by atoms with Gasteiger partial charge in [-0.2, -0.15) is 0 Å². The van der Waals surface area contributed by atoms with Crippen LogP contribution in [0.5, 0.6) is 0 Å². The normalized spacial score (nSPS) is 20.6. The van der Waals surface area contributed by atoms with Crippen molar-refractivity contribution in [3.63, 3.8) is 0 Å². The first kappa shape index (κ1) is 26.4. The van der Waals surface area contributed by atoms with E-state index in [1.54, 1.807) is 0 Å². The Morgan fingerprint density at radius 1 is 0.973 bits per heavy atom. The topological polar surface area (TPSA) is 112 Å². The lowest BCUT2D eigenvalue weighted by molar-refractivity contribution is 0.0903. The summed E-state index contributed by atoms with van der Waals surface area (Å²) in [6, 6.07) is 9.27. The van der Waals surface area contributed by atoms with Gasteiger partial charge in [-0.3, -0.25) is 9.69 Å². The van der Waals surface area contributed by atoms with Gasteiger partial charge in [0.2, 0.25) is 0 Å². The first-order valence-electron chi connectivity index (χ1n) is 13.2. The summed E-state index contributed by atoms with van der Waals surface area (Å²) in [6.45, 7) is 8.30. The minimum atomic E-state index is -0.606. The van der Waals surface area contributed by atoms with Crippen LogP contribution in [0, 0.1) is 3.70 Å². The Labute approximate surface area is 232 Å². The standard InChI is InChI=1S/C26H37IN8O2/c1-33-12-14-35(15-13-33)21-6-10-34(11-7-21)20-4-2-18(3-5-20)29-25-22(24(28)36)31-23(27)26(32-25)30-19-8-16-37-17-9-19/h2-5,19,21H,6-17H2,1H3,(H2,28,36)(H2,29,30,32). The third-order valence-corrected chi connectivity index (χ3v) is 8.41. The SMILES string of the molecule is CN1CCN(C2CCN(c3ccc(Nc4nc(NC5CCOCC5)c(I)nc4C(N)=O)cc3)CC2)CC1. The van der Waals surface area contributed by atoms with Crippen LogP contribution in [0.15, 0.2) is 24.3 Å². The number of ether oxygens (including phenoxy) is 1. The van der Waals surface area contributed by atoms with Crippen LogP contribution in [0.25, 0.3) is 0 Å². The predicted octanol–water partition coefficient (Wildman–Crippen LogP) is 2.73. The molecule has 0 saturated carbocycles. The third kappa shape index (κ3) is 6.62. The number of piperidine rings is 1. The molecule has 0 aliphatic carbocycles. The Kier molecular flexibility index (Phi) is 8.63. The molecule has 5 rings (SSSR count). The number of primary amides is 1. The molecule has 4 heterocycles. The quantitative estimate of drug-likeness (QED) is 0.403. The molecular weight excluding hydrogens is 583 g/mol. The first-order chi connectivity index (χ1) is 18.0. The number of carbonyl (C=O) groups excluding carboxylic acids is 1. The van der Waals surface area contributed by atoms with E-state index in [0.717, 1.165) is 44.8 Å². The minimum Gasteiger partial charge on any atom is -0.381 e. The number of likely N-dealkylation sites (N-methyl/N-ethyl adjacent to an activating group) is 1. The number of aromatic nitrogens is 2. The fraction of sp³-hybridized carbons (Fsp3) is 0.577. The van der Waals surface area contributed by atoms with Crippen molar-refractivity contribution in [2.75, 3.05) is 75.1 Å². The largest absolute Gasteiger partial charge is 0.381 e. The maximum Gasteiger partial charge on any atom is 0.271 e. The summed E-state index contributed by atoms with van der Waals surface area (Å²) in [7, 11) is 2.21. The molecule has 200 valence electrons. The molecule has 1 aromatic heterocycles. The van der Waals surface area contributed by atoms with Crippen LogP contribution < -0.4 is 21.3 Å². The molecule has 11 heteroatoms. The molecule has 3 aliphatic rings. The molecule has 10 nitrogen and oxygen atoms in total. The maximum absolute atomic E-state index is 12.1. The van der Waals surface area contributed by atoms with Crippen molar-refractivity contribution in [3.05, 3.63) is 33.7 Å². The molecule has 0 unspecified atom stereocenters. The highest BCUT2D eigenvalue weighted by Gasteiger charge is 2.27. The molecule has 4 N–H and O–H groups in total. The highest BCUT2D eigenvalue weighted by Crippen LogP contribution is 2.28. The summed E-state index contributed by atoms with van der Waals surface area (Å²) in [4.78, 5) is 28.8. The average molecular weight is 621 g/mol. The van der Waals surface area contributed by atoms with E-state index in [9.17, 15) is 4.79 Å². The zero-order valence-corrected chi connectivity index (χ0v) is 23.6. The van der Waals surface area contributed by atoms with E-state index in [0.29, 0.717) is 21.4 Å². The Balaban J connectivity index is 1.22. The van der Waals surface area contributed by atoms with Gasteiger partial charge >= 0.3 is 0 Å². The lowest BCUT2D eigenvalue weighted by atomic mass is 10.0. The summed E-state index contributed by atoms with van der Waals surface area (Å²) in [5, 5.41) is 6.73. The zero-order valence-electron chi connectivity index (χ0n) is 21.5. The van der Waals surface area contributed by atoms with E-state index in [1.165, 1.54) is 44.7 Å². The van der Waals surface area contributed by atoms with Gasteiger partial charge in [-0.15, -0.1) is 0 Å². The van der Waals surface area contributed by atoms with E-state index in [2.05, 4.69) is 72.1 Å². The maximum atomic E-state index is 12.1. The lowest BCUT2D eigenvalue weighted by Crippen LogP contribution is -2.52. The number of anilines is 4. The lowest BCUT2D eigenvalue weighted by Gasteiger charge is -2.42. The van der Waals surface area contributed by atoms with Gasteiger partial charge in [0.05, 0.1) is 0 Å². The van der Waals surface area contributed by atoms with Gasteiger partial charge < -0.3 is 30.9 Å². The van der Waals surface area contributed by atoms with Crippen LogP contribution in [0.1, 0.15) is 36.2 Å². The second kappa shape index (κ2) is 12.1. The number of nitrogens with two attached hydrogens (primary N) is 1. The number of amides is 1. The molecular formula is C26H37IN8O2. The Hall–Kier alpha value is -2.22. The summed E-state index contributed by atoms with van der Waals surface area (Å²) in [6.07, 6.45) is 4.22. The third-order valence-electron chi connectivity index (χ3n) is 7.66. The highest BCUT2D eigenvalue weighted by atomic mass is 127. The van der Waals surface area contributed by atoms with Crippen molar-refractivity contribution in [1.82, 2.24) is 19.8 Å². The van der Waals surface area contributed by atoms with Gasteiger partial charge in [0, 0.05) is 75.9 Å². The second-order valence-electron chi connectivity index (χ2n) is 10.2. The minimum absolute atomic E-state index is 0.136. The van der Waals surface area contributed by atoms with Crippen LogP contribution in [0.4, 0.5) is 23.0 Å². The number of nitrogens with one attached hydrogen (secondary N) is 2. The molecule has 1 aromatic carbocycles. The number of halogens is 1. The average Bonchev–Trinajstić information content (AvgIpc) is 2.92. The highest BCUT2D eigenvalue weighted by molar-refractivity contribution is 14.1. The second-order valence-corrected chi connectivity index (χ2v) is 11.2. The fourth-order valence-electron chi connectivity index (χ4n) is 5.37. The van der Waals surface area contributed by atoms with Gasteiger partial charge in [0.25, 0.3) is 5.91 Å². The van der Waals surface area contributed by atoms with E-state index in [-0.39, 0.29) is 11.7 Å². The molecule has 37 heavy (non-hydrogen) atoms. The number of piperazine rings is 1. The Morgan fingerprint density at radius 3 is 2.30 bits per heavy atom. The molecule has 3 aliphatic heterocycles. The van der Waals surface area contributed by atoms with Crippen LogP contribution in [-0.4, -0.2) is 97.3 Å². The zero-order chi connectivity index (χ0) is 25.8. The number of hydrogen-bond donors (Lipinski definition) is 3. The fourth-order valence-corrected chi connectivity index (χ4v) is 5.89. The monoisotopic (exact) mass is 620 g/mol. The van der Waals surface area contributed by atoms with Gasteiger partial charge in [-0.05, 0) is 79.6 Å². The predicted molar refractivity (Wildman–Crippen MR) is 155 cm³/mol. The number of hydrogen-bond acceptors (Lipinski definition) is 9. The van der Waals surface area contributed by atoms with E-state index in [1.807, 2.05) is 12.1 Å². The summed E-state index contributed by atoms with van der Waals surface area (Å²) >= 11 is 2.09. The van der Waals surface area contributed by atoms with Gasteiger partial charge in [0.1, 0.15) is 3.70 Å². The van der Waals surface area contributed by atoms with Gasteiger partial charge in [-0.1, -0.05) is 0 Å². The summed E-state index contributed by atoms with van der Waals surface area (Å²) < 4.78 is 6.08. The van der Waals surface area contributed by atoms with Crippen molar-refractivity contribution in [2.45, 2.75) is 37.8 Å². The number of rotatable bonds is 7. The number of nitrogens with zero attached hydrogens (tertiary/aromatic N) is 5.